The molecule has 2 atom stereocenters. The van der Waals surface area contributed by atoms with Crippen molar-refractivity contribution in [1.29, 1.82) is 0 Å². The van der Waals surface area contributed by atoms with Gasteiger partial charge in [-0.3, -0.25) is 4.90 Å². The molecule has 0 bridgehead atoms. The van der Waals surface area contributed by atoms with Crippen LogP contribution in [0.2, 0.25) is 5.02 Å². The molecule has 3 heterocycles. The Morgan fingerprint density at radius 2 is 1.98 bits per heavy atom. The fraction of sp³-hybridized carbons (Fsp3) is 0.333. The van der Waals surface area contributed by atoms with Gasteiger partial charge in [-0.05, 0) is 62.7 Å². The number of hydrogen-bond donors (Lipinski definition) is 1. The molecule has 2 aromatic heterocycles. The molecule has 13 heteroatoms. The summed E-state index contributed by atoms with van der Waals surface area (Å²) in [4.78, 5) is 38.3. The number of aromatic nitrogens is 2. The number of rotatable bonds is 6. The van der Waals surface area contributed by atoms with Crippen molar-refractivity contribution in [2.24, 2.45) is 0 Å². The first-order chi connectivity index (χ1) is 21.8. The quantitative estimate of drug-likeness (QED) is 0.215. The molecule has 5 rings (SSSR count). The van der Waals surface area contributed by atoms with Crippen LogP contribution >= 0.6 is 22.9 Å². The summed E-state index contributed by atoms with van der Waals surface area (Å²) in [7, 11) is 3.20. The average molecular weight is 666 g/mol. The van der Waals surface area contributed by atoms with Gasteiger partial charge in [0.25, 0.3) is 0 Å². The molecule has 4 aromatic rings. The summed E-state index contributed by atoms with van der Waals surface area (Å²) in [6.07, 6.45) is 0.287. The van der Waals surface area contributed by atoms with Crippen molar-refractivity contribution in [3.63, 3.8) is 0 Å². The van der Waals surface area contributed by atoms with Crippen LogP contribution in [-0.2, 0) is 16.1 Å². The zero-order valence-electron chi connectivity index (χ0n) is 26.0. The second kappa shape index (κ2) is 13.8. The first-order valence-corrected chi connectivity index (χ1v) is 15.6. The van der Waals surface area contributed by atoms with E-state index in [1.54, 1.807) is 65.2 Å². The van der Waals surface area contributed by atoms with E-state index in [1.807, 2.05) is 6.07 Å². The highest BCUT2D eigenvalue weighted by Crippen LogP contribution is 2.33. The van der Waals surface area contributed by atoms with Crippen LogP contribution in [-0.4, -0.2) is 70.3 Å². The normalized spacial score (nSPS) is 16.0. The standard InChI is InChI=1S/C33H33ClFN5O5S/c1-33(2,3)45-32(42)40-17-24(44-31(41)39(4)5)15-23(40)10-11-25-16-26-29(36-19-37-30(26)46-25)38-22-9-12-28(27(34)14-22)43-18-20-7-6-8-21(35)13-20/h6-9,12-14,16,19,23-24H,15,17-18H2,1-5H3,(H,36,37,38)/t23-,24-/m0/s1. The number of halogens is 2. The first-order valence-electron chi connectivity index (χ1n) is 14.4. The largest absolute Gasteiger partial charge is 0.487 e. The summed E-state index contributed by atoms with van der Waals surface area (Å²) in [6.45, 7) is 5.73. The minimum Gasteiger partial charge on any atom is -0.487 e. The molecule has 1 aliphatic rings. The van der Waals surface area contributed by atoms with Gasteiger partial charge in [-0.15, -0.1) is 11.3 Å². The zero-order chi connectivity index (χ0) is 33.0. The lowest BCUT2D eigenvalue weighted by Gasteiger charge is -2.26. The van der Waals surface area contributed by atoms with Crippen LogP contribution in [0.4, 0.5) is 25.5 Å². The summed E-state index contributed by atoms with van der Waals surface area (Å²) >= 11 is 7.87. The zero-order valence-corrected chi connectivity index (χ0v) is 27.5. The van der Waals surface area contributed by atoms with Gasteiger partial charge in [0.1, 0.15) is 52.9 Å². The minimum absolute atomic E-state index is 0.174. The fourth-order valence-corrected chi connectivity index (χ4v) is 5.68. The number of nitrogens with one attached hydrogen (secondary N) is 1. The van der Waals surface area contributed by atoms with Gasteiger partial charge in [-0.25, -0.2) is 23.9 Å². The van der Waals surface area contributed by atoms with Crippen molar-refractivity contribution in [2.45, 2.75) is 51.5 Å². The van der Waals surface area contributed by atoms with Crippen LogP contribution in [0.1, 0.15) is 37.6 Å². The smallest absolute Gasteiger partial charge is 0.411 e. The topological polar surface area (TPSA) is 106 Å². The number of ether oxygens (including phenoxy) is 3. The molecular weight excluding hydrogens is 633 g/mol. The fourth-order valence-electron chi connectivity index (χ4n) is 4.58. The van der Waals surface area contributed by atoms with Crippen LogP contribution < -0.4 is 10.1 Å². The summed E-state index contributed by atoms with van der Waals surface area (Å²) in [5.41, 5.74) is 0.678. The Morgan fingerprint density at radius 3 is 2.70 bits per heavy atom. The summed E-state index contributed by atoms with van der Waals surface area (Å²) < 4.78 is 30.4. The van der Waals surface area contributed by atoms with Crippen molar-refractivity contribution in [3.8, 4) is 17.6 Å². The molecule has 0 aliphatic carbocycles. The predicted molar refractivity (Wildman–Crippen MR) is 175 cm³/mol. The van der Waals surface area contributed by atoms with Crippen molar-refractivity contribution in [3.05, 3.63) is 76.1 Å². The third-order valence-electron chi connectivity index (χ3n) is 6.69. The van der Waals surface area contributed by atoms with E-state index < -0.39 is 29.9 Å². The third-order valence-corrected chi connectivity index (χ3v) is 7.95. The molecule has 1 saturated heterocycles. The van der Waals surface area contributed by atoms with Gasteiger partial charge in [0.05, 0.1) is 21.8 Å². The van der Waals surface area contributed by atoms with E-state index >= 15 is 0 Å². The Balaban J connectivity index is 1.31. The summed E-state index contributed by atoms with van der Waals surface area (Å²) in [5, 5.41) is 4.42. The number of thiophene rings is 1. The molecule has 1 aliphatic heterocycles. The Labute approximate surface area is 275 Å². The van der Waals surface area contributed by atoms with Crippen molar-refractivity contribution < 1.29 is 28.2 Å². The summed E-state index contributed by atoms with van der Waals surface area (Å²) in [6, 6.07) is 12.8. The molecule has 10 nitrogen and oxygen atoms in total. The Kier molecular flexibility index (Phi) is 9.84. The van der Waals surface area contributed by atoms with Gasteiger partial charge in [-0.2, -0.15) is 0 Å². The van der Waals surface area contributed by atoms with Gasteiger partial charge in [0.2, 0.25) is 0 Å². The highest BCUT2D eigenvalue weighted by atomic mass is 35.5. The van der Waals surface area contributed by atoms with Gasteiger partial charge < -0.3 is 24.4 Å². The van der Waals surface area contributed by atoms with Gasteiger partial charge in [-0.1, -0.05) is 35.6 Å². The van der Waals surface area contributed by atoms with E-state index in [1.165, 1.54) is 39.6 Å². The van der Waals surface area contributed by atoms with E-state index in [-0.39, 0.29) is 19.0 Å². The lowest BCUT2D eigenvalue weighted by molar-refractivity contribution is 0.0222. The minimum atomic E-state index is -0.693. The maximum Gasteiger partial charge on any atom is 0.411 e. The van der Waals surface area contributed by atoms with Crippen LogP contribution in [0, 0.1) is 17.7 Å². The number of benzene rings is 2. The highest BCUT2D eigenvalue weighted by molar-refractivity contribution is 7.19. The predicted octanol–water partition coefficient (Wildman–Crippen LogP) is 7.23. The lowest BCUT2D eigenvalue weighted by Crippen LogP contribution is -2.40. The highest BCUT2D eigenvalue weighted by Gasteiger charge is 2.39. The Bertz CT molecular complexity index is 1820. The van der Waals surface area contributed by atoms with Crippen LogP contribution in [0.3, 0.4) is 0 Å². The van der Waals surface area contributed by atoms with E-state index in [2.05, 4.69) is 27.1 Å². The molecule has 2 amide bonds. The van der Waals surface area contributed by atoms with Crippen molar-refractivity contribution >= 4 is 56.8 Å². The number of carbonyl (C=O) groups is 2. The Hall–Kier alpha value is -4.60. The molecule has 1 fully saturated rings. The maximum absolute atomic E-state index is 13.5. The average Bonchev–Trinajstić information content (AvgIpc) is 3.59. The van der Waals surface area contributed by atoms with Crippen molar-refractivity contribution in [2.75, 3.05) is 26.0 Å². The molecule has 2 aromatic carbocycles. The van der Waals surface area contributed by atoms with Gasteiger partial charge in [0, 0.05) is 26.2 Å². The van der Waals surface area contributed by atoms with Crippen LogP contribution in [0.25, 0.3) is 10.2 Å². The molecule has 240 valence electrons. The van der Waals surface area contributed by atoms with E-state index in [0.717, 1.165) is 15.1 Å². The molecule has 46 heavy (non-hydrogen) atoms. The van der Waals surface area contributed by atoms with Crippen LogP contribution in [0.5, 0.6) is 5.75 Å². The molecule has 0 radical (unpaired) electrons. The summed E-state index contributed by atoms with van der Waals surface area (Å²) in [5.74, 6) is 7.04. The van der Waals surface area contributed by atoms with E-state index in [4.69, 9.17) is 25.8 Å². The van der Waals surface area contributed by atoms with E-state index in [9.17, 15) is 14.0 Å². The molecule has 0 unspecified atom stereocenters. The van der Waals surface area contributed by atoms with Gasteiger partial charge >= 0.3 is 12.2 Å². The number of carbonyl (C=O) groups excluding carboxylic acids is 2. The number of amides is 2. The Morgan fingerprint density at radius 1 is 1.17 bits per heavy atom. The molecule has 0 saturated carbocycles. The monoisotopic (exact) mass is 665 g/mol. The molecular formula is C33H33ClFN5O5S. The van der Waals surface area contributed by atoms with Crippen LogP contribution in [0.15, 0.2) is 54.9 Å². The van der Waals surface area contributed by atoms with Gasteiger partial charge in [0.15, 0.2) is 0 Å². The first kappa shape index (κ1) is 32.8. The van der Waals surface area contributed by atoms with E-state index in [0.29, 0.717) is 34.3 Å². The molecule has 1 N–H and O–H groups in total. The number of anilines is 2. The second-order valence-corrected chi connectivity index (χ2v) is 13.2. The second-order valence-electron chi connectivity index (χ2n) is 11.8. The number of fused-ring (bicyclic) bond motifs is 1. The maximum atomic E-state index is 13.5. The lowest BCUT2D eigenvalue weighted by atomic mass is 10.2. The molecule has 0 spiro atoms. The number of likely N-dealkylation sites (tertiary alicyclic amines) is 1. The van der Waals surface area contributed by atoms with Crippen molar-refractivity contribution in [1.82, 2.24) is 19.8 Å². The number of hydrogen-bond acceptors (Lipinski definition) is 9. The third kappa shape index (κ3) is 8.35. The number of nitrogens with zero attached hydrogens (tertiary/aromatic N) is 4. The SMILES string of the molecule is CN(C)C(=O)O[C@H]1C[C@H](C#Cc2cc3c(Nc4ccc(OCc5cccc(F)c5)c(Cl)c4)ncnc3s2)N(C(=O)OC(C)(C)C)C1.